The van der Waals surface area contributed by atoms with E-state index in [-0.39, 0.29) is 35.6 Å². The third-order valence-corrected chi connectivity index (χ3v) is 6.05. The first-order valence-electron chi connectivity index (χ1n) is 6.35. The van der Waals surface area contributed by atoms with Crippen molar-refractivity contribution in [1.82, 2.24) is 0 Å². The van der Waals surface area contributed by atoms with E-state index in [4.69, 9.17) is 4.74 Å². The molecule has 1 aliphatic heterocycles. The third-order valence-electron chi connectivity index (χ3n) is 6.05. The molecule has 2 saturated carbocycles. The SMILES string of the molecule is O=C1OC(=O)C23C4C=CC(C4)C12C1C=CC3C1. The van der Waals surface area contributed by atoms with E-state index < -0.39 is 10.8 Å². The van der Waals surface area contributed by atoms with Crippen molar-refractivity contribution >= 4 is 11.9 Å². The average molecular weight is 228 g/mol. The minimum atomic E-state index is -0.525. The number of hydrogen-bond acceptors (Lipinski definition) is 3. The van der Waals surface area contributed by atoms with Gasteiger partial charge in [0.25, 0.3) is 0 Å². The van der Waals surface area contributed by atoms with E-state index in [1.807, 2.05) is 0 Å². The zero-order valence-corrected chi connectivity index (χ0v) is 9.26. The molecule has 0 radical (unpaired) electrons. The molecule has 1 saturated heterocycles. The Morgan fingerprint density at radius 2 is 1.18 bits per heavy atom. The van der Waals surface area contributed by atoms with Crippen molar-refractivity contribution in [2.24, 2.45) is 34.5 Å². The highest BCUT2D eigenvalue weighted by molar-refractivity contribution is 6.05. The van der Waals surface area contributed by atoms with Crippen LogP contribution in [0.15, 0.2) is 24.3 Å². The second-order valence-corrected chi connectivity index (χ2v) is 6.08. The van der Waals surface area contributed by atoms with Crippen LogP contribution >= 0.6 is 0 Å². The van der Waals surface area contributed by atoms with Gasteiger partial charge in [0.2, 0.25) is 0 Å². The maximum atomic E-state index is 12.3. The van der Waals surface area contributed by atoms with Gasteiger partial charge in [-0.1, -0.05) is 24.3 Å². The highest BCUT2D eigenvalue weighted by Crippen LogP contribution is 2.79. The molecule has 0 aromatic rings. The molecule has 0 aromatic heterocycles. The van der Waals surface area contributed by atoms with E-state index in [9.17, 15) is 9.59 Å². The van der Waals surface area contributed by atoms with E-state index in [0.29, 0.717) is 0 Å². The molecule has 86 valence electrons. The van der Waals surface area contributed by atoms with Crippen LogP contribution in [0.3, 0.4) is 0 Å². The quantitative estimate of drug-likeness (QED) is 0.358. The molecule has 4 bridgehead atoms. The summed E-state index contributed by atoms with van der Waals surface area (Å²) in [4.78, 5) is 24.7. The summed E-state index contributed by atoms with van der Waals surface area (Å²) in [6.07, 6.45) is 10.5. The molecule has 5 rings (SSSR count). The first kappa shape index (κ1) is 8.67. The predicted molar refractivity (Wildman–Crippen MR) is 57.4 cm³/mol. The van der Waals surface area contributed by atoms with Gasteiger partial charge in [0, 0.05) is 0 Å². The van der Waals surface area contributed by atoms with Crippen LogP contribution in [-0.2, 0) is 14.3 Å². The molecular formula is C14H12O3. The fourth-order valence-electron chi connectivity index (χ4n) is 5.72. The lowest BCUT2D eigenvalue weighted by atomic mass is 9.54. The second kappa shape index (κ2) is 2.14. The maximum absolute atomic E-state index is 12.3. The summed E-state index contributed by atoms with van der Waals surface area (Å²) in [5, 5.41) is 0. The Hall–Kier alpha value is -1.38. The Morgan fingerprint density at radius 3 is 1.53 bits per heavy atom. The molecule has 3 heteroatoms. The summed E-state index contributed by atoms with van der Waals surface area (Å²) in [7, 11) is 0. The lowest BCUT2D eigenvalue weighted by molar-refractivity contribution is -0.158. The van der Waals surface area contributed by atoms with Crippen LogP contribution in [0.5, 0.6) is 0 Å². The molecule has 4 atom stereocenters. The van der Waals surface area contributed by atoms with Gasteiger partial charge < -0.3 is 4.74 Å². The molecule has 0 spiro atoms. The summed E-state index contributed by atoms with van der Waals surface area (Å²) in [6, 6.07) is 0. The number of esters is 2. The number of hydrogen-bond donors (Lipinski definition) is 0. The van der Waals surface area contributed by atoms with Gasteiger partial charge in [0.1, 0.15) is 0 Å². The van der Waals surface area contributed by atoms with Gasteiger partial charge in [0.05, 0.1) is 10.8 Å². The van der Waals surface area contributed by atoms with Gasteiger partial charge in [-0.25, -0.2) is 0 Å². The predicted octanol–water partition coefficient (Wildman–Crippen LogP) is 1.45. The van der Waals surface area contributed by atoms with Gasteiger partial charge in [-0.2, -0.15) is 0 Å². The fourth-order valence-corrected chi connectivity index (χ4v) is 5.72. The standard InChI is InChI=1S/C14H12O3/c15-11-13-7-1-2-8(5-7)14(13,12(16)17-11)10-4-3-9(13)6-10/h1-4,7-10H,5-6H2. The van der Waals surface area contributed by atoms with E-state index >= 15 is 0 Å². The Labute approximate surface area is 98.5 Å². The molecule has 5 aliphatic rings. The number of ether oxygens (including phenoxy) is 1. The van der Waals surface area contributed by atoms with Crippen molar-refractivity contribution in [3.05, 3.63) is 24.3 Å². The van der Waals surface area contributed by atoms with E-state index in [0.717, 1.165) is 12.8 Å². The van der Waals surface area contributed by atoms with E-state index in [1.165, 1.54) is 0 Å². The van der Waals surface area contributed by atoms with Gasteiger partial charge in [-0.3, -0.25) is 9.59 Å². The first-order chi connectivity index (χ1) is 8.22. The number of rotatable bonds is 0. The Morgan fingerprint density at radius 1 is 0.824 bits per heavy atom. The van der Waals surface area contributed by atoms with Crippen LogP contribution < -0.4 is 0 Å². The van der Waals surface area contributed by atoms with Crippen molar-refractivity contribution in [3.63, 3.8) is 0 Å². The number of carbonyl (C=O) groups is 2. The lowest BCUT2D eigenvalue weighted by Crippen LogP contribution is -2.50. The third kappa shape index (κ3) is 0.541. The summed E-state index contributed by atoms with van der Waals surface area (Å²) in [5.74, 6) is 0.433. The molecule has 0 amide bonds. The zero-order valence-electron chi connectivity index (χ0n) is 9.26. The maximum Gasteiger partial charge on any atom is 0.322 e. The van der Waals surface area contributed by atoms with Gasteiger partial charge in [-0.15, -0.1) is 0 Å². The van der Waals surface area contributed by atoms with Crippen molar-refractivity contribution < 1.29 is 14.3 Å². The van der Waals surface area contributed by atoms with Crippen LogP contribution in [0.1, 0.15) is 12.8 Å². The molecule has 3 nitrogen and oxygen atoms in total. The van der Waals surface area contributed by atoms with Crippen LogP contribution in [0.4, 0.5) is 0 Å². The molecule has 4 aliphatic carbocycles. The van der Waals surface area contributed by atoms with Gasteiger partial charge in [0.15, 0.2) is 0 Å². The van der Waals surface area contributed by atoms with Crippen LogP contribution in [0, 0.1) is 34.5 Å². The number of allylic oxidation sites excluding steroid dienone is 4. The lowest BCUT2D eigenvalue weighted by Gasteiger charge is -2.41. The highest BCUT2D eigenvalue weighted by atomic mass is 16.6. The molecule has 3 fully saturated rings. The largest absolute Gasteiger partial charge is 0.392 e. The molecule has 0 N–H and O–H groups in total. The first-order valence-corrected chi connectivity index (χ1v) is 6.35. The minimum absolute atomic E-state index is 0.228. The smallest absolute Gasteiger partial charge is 0.322 e. The van der Waals surface area contributed by atoms with Crippen molar-refractivity contribution in [3.8, 4) is 0 Å². The van der Waals surface area contributed by atoms with Gasteiger partial charge in [-0.05, 0) is 36.5 Å². The average Bonchev–Trinajstić information content (AvgIpc) is 3.04. The summed E-state index contributed by atoms with van der Waals surface area (Å²) < 4.78 is 5.08. The summed E-state index contributed by atoms with van der Waals surface area (Å²) in [5.41, 5.74) is -1.05. The molecule has 1 heterocycles. The van der Waals surface area contributed by atoms with Gasteiger partial charge >= 0.3 is 11.9 Å². The normalized spacial score (nSPS) is 60.0. The minimum Gasteiger partial charge on any atom is -0.392 e. The van der Waals surface area contributed by atoms with Crippen LogP contribution in [-0.4, -0.2) is 11.9 Å². The molecule has 0 aromatic carbocycles. The number of cyclic esters (lactones) is 2. The van der Waals surface area contributed by atoms with Crippen molar-refractivity contribution in [1.29, 1.82) is 0 Å². The highest BCUT2D eigenvalue weighted by Gasteiger charge is 2.85. The Bertz CT molecular complexity index is 470. The number of fused-ring (bicyclic) bond motifs is 4. The second-order valence-electron chi connectivity index (χ2n) is 6.08. The van der Waals surface area contributed by atoms with Crippen molar-refractivity contribution in [2.45, 2.75) is 12.8 Å². The molecule has 17 heavy (non-hydrogen) atoms. The van der Waals surface area contributed by atoms with Crippen molar-refractivity contribution in [2.75, 3.05) is 0 Å². The zero-order chi connectivity index (χ0) is 11.4. The number of carbonyl (C=O) groups excluding carboxylic acids is 2. The molecular weight excluding hydrogens is 216 g/mol. The fraction of sp³-hybridized carbons (Fsp3) is 0.571. The van der Waals surface area contributed by atoms with Crippen LogP contribution in [0.25, 0.3) is 0 Å². The van der Waals surface area contributed by atoms with Crippen LogP contribution in [0.2, 0.25) is 0 Å². The Balaban J connectivity index is 1.93. The summed E-state index contributed by atoms with van der Waals surface area (Å²) >= 11 is 0. The molecule has 4 unspecified atom stereocenters. The van der Waals surface area contributed by atoms with E-state index in [2.05, 4.69) is 24.3 Å². The monoisotopic (exact) mass is 228 g/mol. The topological polar surface area (TPSA) is 43.4 Å². The summed E-state index contributed by atoms with van der Waals surface area (Å²) in [6.45, 7) is 0. The Kier molecular flexibility index (Phi) is 1.09. The van der Waals surface area contributed by atoms with E-state index in [1.54, 1.807) is 0 Å².